The van der Waals surface area contributed by atoms with Gasteiger partial charge in [0, 0.05) is 12.3 Å². The number of hydrogen-bond acceptors (Lipinski definition) is 5. The van der Waals surface area contributed by atoms with Crippen LogP contribution < -0.4 is 5.32 Å². The van der Waals surface area contributed by atoms with Gasteiger partial charge in [0.05, 0.1) is 0 Å². The highest BCUT2D eigenvalue weighted by Gasteiger charge is 2.41. The molecular formula is C9H17F3N2O4S2. The summed E-state index contributed by atoms with van der Waals surface area (Å²) in [7, 11) is -8.45. The second-order valence-corrected chi connectivity index (χ2v) is 9.22. The number of sulfone groups is 1. The first-order chi connectivity index (χ1) is 8.91. The molecule has 1 fully saturated rings. The molecule has 6 nitrogen and oxygen atoms in total. The van der Waals surface area contributed by atoms with E-state index >= 15 is 0 Å². The van der Waals surface area contributed by atoms with Gasteiger partial charge in [0.1, 0.15) is 6.54 Å². The van der Waals surface area contributed by atoms with Crippen molar-refractivity contribution in [1.82, 2.24) is 9.62 Å². The van der Waals surface area contributed by atoms with Crippen LogP contribution in [-0.4, -0.2) is 64.3 Å². The van der Waals surface area contributed by atoms with Crippen molar-refractivity contribution in [2.24, 2.45) is 0 Å². The van der Waals surface area contributed by atoms with Crippen molar-refractivity contribution in [3.8, 4) is 0 Å². The topological polar surface area (TPSA) is 83.5 Å². The molecule has 0 aromatic heterocycles. The number of nitrogens with zero attached hydrogens (tertiary/aromatic N) is 1. The number of rotatable bonds is 5. The van der Waals surface area contributed by atoms with Crippen LogP contribution in [0.1, 0.15) is 12.8 Å². The van der Waals surface area contributed by atoms with Gasteiger partial charge in [-0.15, -0.1) is 0 Å². The van der Waals surface area contributed by atoms with Crippen LogP contribution in [0.25, 0.3) is 0 Å². The van der Waals surface area contributed by atoms with Crippen LogP contribution in [0.3, 0.4) is 0 Å². The van der Waals surface area contributed by atoms with E-state index in [0.29, 0.717) is 19.3 Å². The smallest absolute Gasteiger partial charge is 0.317 e. The van der Waals surface area contributed by atoms with E-state index in [-0.39, 0.29) is 17.1 Å². The minimum atomic E-state index is -4.71. The Morgan fingerprint density at radius 2 is 1.65 bits per heavy atom. The van der Waals surface area contributed by atoms with E-state index in [0.717, 1.165) is 0 Å². The first kappa shape index (κ1) is 17.7. The Morgan fingerprint density at radius 1 is 1.15 bits per heavy atom. The maximum absolute atomic E-state index is 12.6. The van der Waals surface area contributed by atoms with Crippen LogP contribution in [0.5, 0.6) is 0 Å². The zero-order chi connectivity index (χ0) is 15.6. The van der Waals surface area contributed by atoms with Crippen LogP contribution in [0, 0.1) is 0 Å². The molecule has 120 valence electrons. The van der Waals surface area contributed by atoms with Crippen LogP contribution in [0.4, 0.5) is 13.2 Å². The Balaban J connectivity index is 3.02. The fourth-order valence-corrected chi connectivity index (χ4v) is 5.78. The van der Waals surface area contributed by atoms with Gasteiger partial charge in [0.15, 0.2) is 14.9 Å². The number of sulfonamides is 1. The zero-order valence-corrected chi connectivity index (χ0v) is 12.5. The Hall–Kier alpha value is -0.390. The summed E-state index contributed by atoms with van der Waals surface area (Å²) in [6, 6.07) is -0.829. The van der Waals surface area contributed by atoms with E-state index in [2.05, 4.69) is 5.32 Å². The zero-order valence-electron chi connectivity index (χ0n) is 10.9. The molecule has 20 heavy (non-hydrogen) atoms. The van der Waals surface area contributed by atoms with Gasteiger partial charge in [-0.1, -0.05) is 0 Å². The molecule has 1 heterocycles. The highest BCUT2D eigenvalue weighted by molar-refractivity contribution is 8.06. The molecule has 11 heteroatoms. The Bertz CT molecular complexity index is 524. The average Bonchev–Trinajstić information content (AvgIpc) is 2.22. The molecule has 1 saturated heterocycles. The van der Waals surface area contributed by atoms with Gasteiger partial charge < -0.3 is 5.32 Å². The van der Waals surface area contributed by atoms with Crippen molar-refractivity contribution < 1.29 is 30.0 Å². The summed E-state index contributed by atoms with van der Waals surface area (Å²) in [6.07, 6.45) is -3.59. The van der Waals surface area contributed by atoms with Crippen LogP contribution >= 0.6 is 0 Å². The van der Waals surface area contributed by atoms with Crippen molar-refractivity contribution in [3.63, 3.8) is 0 Å². The Kier molecular flexibility index (Phi) is 5.44. The predicted molar refractivity (Wildman–Crippen MR) is 67.3 cm³/mol. The lowest BCUT2D eigenvalue weighted by Crippen LogP contribution is -2.50. The lowest BCUT2D eigenvalue weighted by atomic mass is 10.1. The van der Waals surface area contributed by atoms with Crippen LogP contribution in [0.15, 0.2) is 0 Å². The molecule has 1 aliphatic rings. The number of hydrogen-bond donors (Lipinski definition) is 1. The maximum atomic E-state index is 12.6. The van der Waals surface area contributed by atoms with Gasteiger partial charge in [0.2, 0.25) is 10.0 Å². The third kappa shape index (κ3) is 5.94. The summed E-state index contributed by atoms with van der Waals surface area (Å²) in [5, 5.41) is 1.61. The van der Waals surface area contributed by atoms with Gasteiger partial charge in [-0.05, 0) is 25.9 Å². The number of halogens is 3. The van der Waals surface area contributed by atoms with Gasteiger partial charge in [-0.3, -0.25) is 0 Å². The van der Waals surface area contributed by atoms with Crippen molar-refractivity contribution in [3.05, 3.63) is 0 Å². The molecule has 0 unspecified atom stereocenters. The first-order valence-corrected chi connectivity index (χ1v) is 9.52. The summed E-state index contributed by atoms with van der Waals surface area (Å²) in [6.45, 7) is -0.865. The average molecular weight is 338 g/mol. The Morgan fingerprint density at radius 3 is 2.05 bits per heavy atom. The molecule has 0 radical (unpaired) electrons. The van der Waals surface area contributed by atoms with Crippen molar-refractivity contribution >= 4 is 19.9 Å². The summed E-state index contributed by atoms with van der Waals surface area (Å²) < 4.78 is 84.0. The highest BCUT2D eigenvalue weighted by Crippen LogP contribution is 2.24. The monoisotopic (exact) mass is 338 g/mol. The molecule has 0 amide bonds. The lowest BCUT2D eigenvalue weighted by molar-refractivity contribution is -0.140. The van der Waals surface area contributed by atoms with E-state index in [1.807, 2.05) is 0 Å². The van der Waals surface area contributed by atoms with Gasteiger partial charge in [-0.25, -0.2) is 16.8 Å². The van der Waals surface area contributed by atoms with Crippen molar-refractivity contribution in [1.29, 1.82) is 0 Å². The first-order valence-electron chi connectivity index (χ1n) is 5.85. The summed E-state index contributed by atoms with van der Waals surface area (Å²) in [5.74, 6) is 0. The van der Waals surface area contributed by atoms with E-state index in [1.165, 1.54) is 0 Å². The quantitative estimate of drug-likeness (QED) is 0.759. The fraction of sp³-hybridized carbons (Fsp3) is 1.00. The minimum absolute atomic E-state index is 0.221. The molecule has 0 atom stereocenters. The molecule has 0 saturated carbocycles. The SMILES string of the molecule is CS(=O)(=O)CS(=O)(=O)N(CC(F)(F)F)C1CCNCC1. The molecule has 1 rings (SSSR count). The molecule has 0 aliphatic carbocycles. The third-order valence-corrected chi connectivity index (χ3v) is 6.82. The minimum Gasteiger partial charge on any atom is -0.317 e. The molecule has 0 bridgehead atoms. The highest BCUT2D eigenvalue weighted by atomic mass is 32.3. The van der Waals surface area contributed by atoms with Gasteiger partial charge in [-0.2, -0.15) is 17.5 Å². The molecule has 0 aromatic rings. The van der Waals surface area contributed by atoms with Crippen LogP contribution in [0.2, 0.25) is 0 Å². The van der Waals surface area contributed by atoms with E-state index in [4.69, 9.17) is 0 Å². The molecule has 0 spiro atoms. The predicted octanol–water partition coefficient (Wildman–Crippen LogP) is -0.0654. The third-order valence-electron chi connectivity index (χ3n) is 2.77. The van der Waals surface area contributed by atoms with E-state index in [1.54, 1.807) is 0 Å². The fourth-order valence-electron chi connectivity index (χ4n) is 2.06. The summed E-state index contributed by atoms with van der Waals surface area (Å²) >= 11 is 0. The lowest BCUT2D eigenvalue weighted by Gasteiger charge is -2.33. The summed E-state index contributed by atoms with van der Waals surface area (Å²) in [4.78, 5) is 0. The molecule has 1 N–H and O–H groups in total. The second kappa shape index (κ2) is 6.16. The van der Waals surface area contributed by atoms with Gasteiger partial charge >= 0.3 is 6.18 Å². The molecular weight excluding hydrogens is 321 g/mol. The number of nitrogens with one attached hydrogen (secondary N) is 1. The molecule has 0 aromatic carbocycles. The maximum Gasteiger partial charge on any atom is 0.402 e. The van der Waals surface area contributed by atoms with Crippen molar-refractivity contribution in [2.75, 3.05) is 31.0 Å². The standard InChI is InChI=1S/C9H17F3N2O4S2/c1-19(15,16)7-20(17,18)14(6-9(10,11)12)8-2-4-13-5-3-8/h8,13H,2-7H2,1H3. The second-order valence-electron chi connectivity index (χ2n) is 4.80. The van der Waals surface area contributed by atoms with Crippen molar-refractivity contribution in [2.45, 2.75) is 25.1 Å². The number of piperidine rings is 1. The molecule has 1 aliphatic heterocycles. The van der Waals surface area contributed by atoms with Gasteiger partial charge in [0.25, 0.3) is 0 Å². The summed E-state index contributed by atoms with van der Waals surface area (Å²) in [5.41, 5.74) is 0. The largest absolute Gasteiger partial charge is 0.402 e. The Labute approximate surface area is 116 Å². The number of alkyl halides is 3. The van der Waals surface area contributed by atoms with E-state index < -0.39 is 43.7 Å². The van der Waals surface area contributed by atoms with E-state index in [9.17, 15) is 30.0 Å². The van der Waals surface area contributed by atoms with Crippen LogP contribution in [-0.2, 0) is 19.9 Å². The normalized spacial score (nSPS) is 19.4.